The third-order valence-electron chi connectivity index (χ3n) is 3.95. The van der Waals surface area contributed by atoms with Gasteiger partial charge in [0.05, 0.1) is 12.3 Å². The average Bonchev–Trinajstić information content (AvgIpc) is 3.14. The van der Waals surface area contributed by atoms with Crippen LogP contribution < -0.4 is 4.74 Å². The number of aromatic amines is 1. The third-order valence-corrected chi connectivity index (χ3v) is 3.95. The summed E-state index contributed by atoms with van der Waals surface area (Å²) < 4.78 is 5.99. The molecule has 24 heavy (non-hydrogen) atoms. The molecule has 0 amide bonds. The lowest BCUT2D eigenvalue weighted by molar-refractivity contribution is 0.272. The molecule has 0 spiro atoms. The molecule has 3 heteroatoms. The number of H-pyrrole nitrogens is 1. The number of nitrogens with one attached hydrogen (secondary N) is 1. The van der Waals surface area contributed by atoms with Crippen molar-refractivity contribution in [3.05, 3.63) is 71.9 Å². The number of nitrogens with zero attached hydrogens (tertiary/aromatic N) is 1. The Morgan fingerprint density at radius 3 is 2.46 bits per heavy atom. The molecule has 0 saturated heterocycles. The number of ether oxygens (including phenoxy) is 1. The molecule has 3 nitrogen and oxygen atoms in total. The lowest BCUT2D eigenvalue weighted by Crippen LogP contribution is -2.05. The van der Waals surface area contributed by atoms with E-state index < -0.39 is 0 Å². The molecule has 3 rings (SSSR count). The minimum atomic E-state index is 0.498. The van der Waals surface area contributed by atoms with Crippen molar-refractivity contribution in [1.82, 2.24) is 10.2 Å². The predicted molar refractivity (Wildman–Crippen MR) is 98.2 cm³/mol. The molecule has 3 aromatic rings. The maximum atomic E-state index is 5.99. The summed E-state index contributed by atoms with van der Waals surface area (Å²) in [5.41, 5.74) is 4.75. The Morgan fingerprint density at radius 1 is 0.958 bits per heavy atom. The topological polar surface area (TPSA) is 37.9 Å². The van der Waals surface area contributed by atoms with E-state index in [1.165, 1.54) is 11.1 Å². The molecular weight excluding hydrogens is 296 g/mol. The normalized spacial score (nSPS) is 11.0. The Balaban J connectivity index is 1.80. The van der Waals surface area contributed by atoms with Crippen LogP contribution in [0, 0.1) is 5.92 Å². The van der Waals surface area contributed by atoms with Gasteiger partial charge < -0.3 is 4.74 Å². The second-order valence-corrected chi connectivity index (χ2v) is 6.49. The summed E-state index contributed by atoms with van der Waals surface area (Å²) in [6.45, 7) is 5.03. The van der Waals surface area contributed by atoms with Crippen LogP contribution in [0.3, 0.4) is 0 Å². The fraction of sp³-hybridized carbons (Fsp3) is 0.286. The number of benzene rings is 2. The van der Waals surface area contributed by atoms with Crippen LogP contribution in [0.5, 0.6) is 5.75 Å². The van der Waals surface area contributed by atoms with Gasteiger partial charge in [0, 0.05) is 11.8 Å². The fourth-order valence-corrected chi connectivity index (χ4v) is 2.66. The van der Waals surface area contributed by atoms with Crippen LogP contribution in [0.2, 0.25) is 0 Å². The monoisotopic (exact) mass is 320 g/mol. The van der Waals surface area contributed by atoms with E-state index in [0.29, 0.717) is 12.5 Å². The van der Waals surface area contributed by atoms with Crippen LogP contribution in [0.4, 0.5) is 0 Å². The first-order chi connectivity index (χ1) is 11.7. The Kier molecular flexibility index (Phi) is 5.32. The quantitative estimate of drug-likeness (QED) is 0.672. The smallest absolute Gasteiger partial charge is 0.128 e. The second-order valence-electron chi connectivity index (χ2n) is 6.49. The highest BCUT2D eigenvalue weighted by Gasteiger charge is 2.10. The largest absolute Gasteiger partial charge is 0.493 e. The van der Waals surface area contributed by atoms with Crippen LogP contribution in [-0.2, 0) is 12.8 Å². The summed E-state index contributed by atoms with van der Waals surface area (Å²) in [4.78, 5) is 0. The van der Waals surface area contributed by atoms with E-state index in [9.17, 15) is 0 Å². The van der Waals surface area contributed by atoms with Crippen molar-refractivity contribution in [2.75, 3.05) is 6.61 Å². The summed E-state index contributed by atoms with van der Waals surface area (Å²) in [6.07, 6.45) is 3.82. The highest BCUT2D eigenvalue weighted by molar-refractivity contribution is 5.67. The van der Waals surface area contributed by atoms with Gasteiger partial charge in [-0.05, 0) is 48.1 Å². The highest BCUT2D eigenvalue weighted by atomic mass is 16.5. The number of aromatic nitrogens is 2. The van der Waals surface area contributed by atoms with Crippen LogP contribution >= 0.6 is 0 Å². The molecule has 1 N–H and O–H groups in total. The van der Waals surface area contributed by atoms with Crippen molar-refractivity contribution in [3.63, 3.8) is 0 Å². The molecule has 1 heterocycles. The number of hydrogen-bond acceptors (Lipinski definition) is 2. The summed E-state index contributed by atoms with van der Waals surface area (Å²) in [5, 5.41) is 7.13. The third kappa shape index (κ3) is 4.25. The van der Waals surface area contributed by atoms with Crippen molar-refractivity contribution < 1.29 is 4.74 Å². The zero-order valence-electron chi connectivity index (χ0n) is 14.3. The number of aryl methyl sites for hydroxylation is 2. The van der Waals surface area contributed by atoms with E-state index in [0.717, 1.165) is 29.8 Å². The van der Waals surface area contributed by atoms with Crippen molar-refractivity contribution in [2.45, 2.75) is 26.7 Å². The summed E-state index contributed by atoms with van der Waals surface area (Å²) in [5.74, 6) is 1.41. The van der Waals surface area contributed by atoms with Crippen molar-refractivity contribution >= 4 is 0 Å². The first-order valence-electron chi connectivity index (χ1n) is 8.52. The summed E-state index contributed by atoms with van der Waals surface area (Å²) in [6, 6.07) is 19.0. The molecule has 1 aromatic heterocycles. The van der Waals surface area contributed by atoms with Gasteiger partial charge in [-0.25, -0.2) is 0 Å². The molecule has 124 valence electrons. The molecule has 0 atom stereocenters. The maximum Gasteiger partial charge on any atom is 0.128 e. The SMILES string of the molecule is CC(C)COc1ccc(CCc2ccccc2)cc1-c1ccn[nH]1. The summed E-state index contributed by atoms with van der Waals surface area (Å²) >= 11 is 0. The first-order valence-corrected chi connectivity index (χ1v) is 8.52. The van der Waals surface area contributed by atoms with Crippen molar-refractivity contribution in [1.29, 1.82) is 0 Å². The van der Waals surface area contributed by atoms with Crippen LogP contribution in [0.25, 0.3) is 11.3 Å². The van der Waals surface area contributed by atoms with Crippen LogP contribution in [-0.4, -0.2) is 16.8 Å². The summed E-state index contributed by atoms with van der Waals surface area (Å²) in [7, 11) is 0. The average molecular weight is 320 g/mol. The molecule has 0 saturated carbocycles. The number of rotatable bonds is 7. The van der Waals surface area contributed by atoms with Gasteiger partial charge >= 0.3 is 0 Å². The van der Waals surface area contributed by atoms with Gasteiger partial charge in [0.2, 0.25) is 0 Å². The highest BCUT2D eigenvalue weighted by Crippen LogP contribution is 2.30. The van der Waals surface area contributed by atoms with Gasteiger partial charge in [-0.1, -0.05) is 50.2 Å². The lowest BCUT2D eigenvalue weighted by Gasteiger charge is -2.14. The van der Waals surface area contributed by atoms with E-state index in [1.807, 2.05) is 6.07 Å². The Bertz CT molecular complexity index is 749. The molecular formula is C21H24N2O. The van der Waals surface area contributed by atoms with E-state index in [1.54, 1.807) is 6.20 Å². The molecule has 0 radical (unpaired) electrons. The fourth-order valence-electron chi connectivity index (χ4n) is 2.66. The molecule has 0 unspecified atom stereocenters. The standard InChI is InChI=1S/C21H24N2O/c1-16(2)15-24-21-11-10-18(9-8-17-6-4-3-5-7-17)14-19(21)20-12-13-22-23-20/h3-7,10-14,16H,8-9,15H2,1-2H3,(H,22,23). The lowest BCUT2D eigenvalue weighted by atomic mass is 10.0. The Hall–Kier alpha value is -2.55. The van der Waals surface area contributed by atoms with Gasteiger partial charge in [-0.15, -0.1) is 0 Å². The van der Waals surface area contributed by atoms with Crippen LogP contribution in [0.1, 0.15) is 25.0 Å². The molecule has 0 fully saturated rings. The molecule has 0 bridgehead atoms. The van der Waals surface area contributed by atoms with E-state index >= 15 is 0 Å². The zero-order chi connectivity index (χ0) is 16.8. The molecule has 0 aliphatic carbocycles. The molecule has 0 aliphatic rings. The Labute approximate surface area is 143 Å². The van der Waals surface area contributed by atoms with E-state index in [4.69, 9.17) is 4.74 Å². The van der Waals surface area contributed by atoms with E-state index in [-0.39, 0.29) is 0 Å². The predicted octanol–water partition coefficient (Wildman–Crippen LogP) is 4.90. The maximum absolute atomic E-state index is 5.99. The van der Waals surface area contributed by atoms with E-state index in [2.05, 4.69) is 72.6 Å². The van der Waals surface area contributed by atoms with Gasteiger partial charge in [-0.2, -0.15) is 5.10 Å². The second kappa shape index (κ2) is 7.82. The molecule has 0 aliphatic heterocycles. The van der Waals surface area contributed by atoms with Crippen molar-refractivity contribution in [2.24, 2.45) is 5.92 Å². The van der Waals surface area contributed by atoms with Gasteiger partial charge in [0.15, 0.2) is 0 Å². The van der Waals surface area contributed by atoms with Gasteiger partial charge in [0.1, 0.15) is 5.75 Å². The Morgan fingerprint density at radius 2 is 1.75 bits per heavy atom. The minimum Gasteiger partial charge on any atom is -0.493 e. The number of hydrogen-bond donors (Lipinski definition) is 1. The van der Waals surface area contributed by atoms with Crippen LogP contribution in [0.15, 0.2) is 60.8 Å². The van der Waals surface area contributed by atoms with Gasteiger partial charge in [-0.3, -0.25) is 5.10 Å². The minimum absolute atomic E-state index is 0.498. The first kappa shape index (κ1) is 16.3. The zero-order valence-corrected chi connectivity index (χ0v) is 14.3. The van der Waals surface area contributed by atoms with Crippen molar-refractivity contribution in [3.8, 4) is 17.0 Å². The van der Waals surface area contributed by atoms with Gasteiger partial charge in [0.25, 0.3) is 0 Å². The molecule has 2 aromatic carbocycles.